The minimum absolute atomic E-state index is 0.0651. The number of ether oxygens (including phenoxy) is 2. The van der Waals surface area contributed by atoms with Gasteiger partial charge in [-0.2, -0.15) is 0 Å². The van der Waals surface area contributed by atoms with Gasteiger partial charge in [0, 0.05) is 19.1 Å². The summed E-state index contributed by atoms with van der Waals surface area (Å²) in [5.41, 5.74) is 0.737. The van der Waals surface area contributed by atoms with Crippen molar-refractivity contribution < 1.29 is 14.4 Å². The first-order valence-electron chi connectivity index (χ1n) is 4.62. The van der Waals surface area contributed by atoms with Crippen LogP contribution in [0.4, 0.5) is 0 Å². The largest absolute Gasteiger partial charge is 0.497 e. The Morgan fingerprint density at radius 3 is 2.12 bits per heavy atom. The summed E-state index contributed by atoms with van der Waals surface area (Å²) in [6.07, 6.45) is 1.46. The van der Waals surface area contributed by atoms with Crippen molar-refractivity contribution in [1.29, 1.82) is 0 Å². The maximum atomic E-state index is 10.5. The third kappa shape index (κ3) is 2.98. The van der Waals surface area contributed by atoms with Crippen LogP contribution >= 0.6 is 0 Å². The van der Waals surface area contributed by atoms with E-state index in [1.807, 2.05) is 0 Å². The SMILES string of the molecule is COc1cc(/C=C(\C)[N+](=O)[O-])cc(OC)c1. The van der Waals surface area contributed by atoms with Crippen molar-refractivity contribution in [2.45, 2.75) is 6.92 Å². The van der Waals surface area contributed by atoms with Gasteiger partial charge < -0.3 is 9.47 Å². The number of allylic oxidation sites excluding steroid dienone is 1. The summed E-state index contributed by atoms with van der Waals surface area (Å²) in [4.78, 5) is 10.0. The van der Waals surface area contributed by atoms with Gasteiger partial charge in [-0.15, -0.1) is 0 Å². The summed E-state index contributed by atoms with van der Waals surface area (Å²) in [6, 6.07) is 5.11. The van der Waals surface area contributed by atoms with E-state index in [1.165, 1.54) is 27.2 Å². The van der Waals surface area contributed by atoms with E-state index in [4.69, 9.17) is 9.47 Å². The molecule has 0 atom stereocenters. The van der Waals surface area contributed by atoms with Crippen LogP contribution in [0.15, 0.2) is 23.9 Å². The minimum Gasteiger partial charge on any atom is -0.497 e. The number of rotatable bonds is 4. The Hall–Kier alpha value is -2.04. The van der Waals surface area contributed by atoms with Crippen LogP contribution in [0.2, 0.25) is 0 Å². The van der Waals surface area contributed by atoms with E-state index in [2.05, 4.69) is 0 Å². The Kier molecular flexibility index (Phi) is 3.88. The Bertz CT molecular complexity index is 404. The topological polar surface area (TPSA) is 61.6 Å². The third-order valence-corrected chi connectivity index (χ3v) is 2.04. The van der Waals surface area contributed by atoms with Gasteiger partial charge in [0.15, 0.2) is 0 Å². The average molecular weight is 223 g/mol. The van der Waals surface area contributed by atoms with Crippen molar-refractivity contribution in [1.82, 2.24) is 0 Å². The summed E-state index contributed by atoms with van der Waals surface area (Å²) >= 11 is 0. The molecule has 0 fully saturated rings. The molecule has 1 rings (SSSR count). The molecule has 0 heterocycles. The molecule has 0 saturated carbocycles. The highest BCUT2D eigenvalue weighted by Crippen LogP contribution is 2.23. The van der Waals surface area contributed by atoms with E-state index in [9.17, 15) is 10.1 Å². The van der Waals surface area contributed by atoms with Crippen molar-refractivity contribution in [2.24, 2.45) is 0 Å². The van der Waals surface area contributed by atoms with Gasteiger partial charge in [-0.1, -0.05) is 0 Å². The molecule has 16 heavy (non-hydrogen) atoms. The lowest BCUT2D eigenvalue weighted by molar-refractivity contribution is -0.422. The molecule has 0 aliphatic heterocycles. The maximum Gasteiger partial charge on any atom is 0.243 e. The van der Waals surface area contributed by atoms with Crippen molar-refractivity contribution in [3.63, 3.8) is 0 Å². The van der Waals surface area contributed by atoms with Crippen molar-refractivity contribution in [3.05, 3.63) is 39.6 Å². The van der Waals surface area contributed by atoms with Crippen LogP contribution in [0, 0.1) is 10.1 Å². The zero-order chi connectivity index (χ0) is 12.1. The highest BCUT2D eigenvalue weighted by atomic mass is 16.6. The molecule has 0 radical (unpaired) electrons. The number of benzene rings is 1. The zero-order valence-corrected chi connectivity index (χ0v) is 9.39. The predicted molar refractivity (Wildman–Crippen MR) is 60.2 cm³/mol. The number of hydrogen-bond donors (Lipinski definition) is 0. The second-order valence-corrected chi connectivity index (χ2v) is 3.19. The molecule has 0 spiro atoms. The fourth-order valence-electron chi connectivity index (χ4n) is 1.21. The summed E-state index contributed by atoms with van der Waals surface area (Å²) in [5.74, 6) is 1.20. The molecule has 5 nitrogen and oxygen atoms in total. The van der Waals surface area contributed by atoms with Crippen molar-refractivity contribution >= 4 is 6.08 Å². The van der Waals surface area contributed by atoms with E-state index >= 15 is 0 Å². The van der Waals surface area contributed by atoms with Gasteiger partial charge in [-0.3, -0.25) is 10.1 Å². The summed E-state index contributed by atoms with van der Waals surface area (Å²) in [6.45, 7) is 1.44. The normalized spacial score (nSPS) is 11.1. The number of methoxy groups -OCH3 is 2. The van der Waals surface area contributed by atoms with Crippen LogP contribution in [0.5, 0.6) is 11.5 Å². The number of nitro groups is 1. The molecule has 0 N–H and O–H groups in total. The molecule has 86 valence electrons. The molecule has 0 amide bonds. The second kappa shape index (κ2) is 5.16. The smallest absolute Gasteiger partial charge is 0.243 e. The lowest BCUT2D eigenvalue weighted by Gasteiger charge is -2.05. The lowest BCUT2D eigenvalue weighted by Crippen LogP contribution is -1.94. The summed E-state index contributed by atoms with van der Waals surface area (Å²) < 4.78 is 10.1. The van der Waals surface area contributed by atoms with E-state index in [1.54, 1.807) is 18.2 Å². The Morgan fingerprint density at radius 1 is 1.25 bits per heavy atom. The predicted octanol–water partition coefficient (Wildman–Crippen LogP) is 2.34. The van der Waals surface area contributed by atoms with Crippen LogP contribution in [0.3, 0.4) is 0 Å². The molecular weight excluding hydrogens is 210 g/mol. The van der Waals surface area contributed by atoms with Gasteiger partial charge in [-0.05, 0) is 17.7 Å². The van der Waals surface area contributed by atoms with Gasteiger partial charge in [0.05, 0.1) is 19.1 Å². The standard InChI is InChI=1S/C11H13NO4/c1-8(12(13)14)4-9-5-10(15-2)7-11(6-9)16-3/h4-7H,1-3H3/b8-4+. The van der Waals surface area contributed by atoms with E-state index in [-0.39, 0.29) is 5.70 Å². The first kappa shape index (κ1) is 12.0. The summed E-state index contributed by atoms with van der Waals surface area (Å²) in [7, 11) is 3.06. The zero-order valence-electron chi connectivity index (χ0n) is 9.39. The lowest BCUT2D eigenvalue weighted by atomic mass is 10.1. The van der Waals surface area contributed by atoms with Gasteiger partial charge in [-0.25, -0.2) is 0 Å². The maximum absolute atomic E-state index is 10.5. The molecule has 0 saturated heterocycles. The molecule has 0 aliphatic carbocycles. The fourth-order valence-corrected chi connectivity index (χ4v) is 1.21. The molecule has 0 bridgehead atoms. The van der Waals surface area contributed by atoms with Gasteiger partial charge in [0.1, 0.15) is 11.5 Å². The first-order chi connectivity index (χ1) is 7.56. The first-order valence-corrected chi connectivity index (χ1v) is 4.62. The number of hydrogen-bond acceptors (Lipinski definition) is 4. The third-order valence-electron chi connectivity index (χ3n) is 2.04. The summed E-state index contributed by atoms with van der Waals surface area (Å²) in [5, 5.41) is 10.5. The van der Waals surface area contributed by atoms with Gasteiger partial charge in [0.25, 0.3) is 0 Å². The van der Waals surface area contributed by atoms with Crippen molar-refractivity contribution in [3.8, 4) is 11.5 Å². The van der Waals surface area contributed by atoms with Gasteiger partial charge >= 0.3 is 0 Å². The second-order valence-electron chi connectivity index (χ2n) is 3.19. The Morgan fingerprint density at radius 2 is 1.75 bits per heavy atom. The molecule has 5 heteroatoms. The molecule has 0 unspecified atom stereocenters. The fraction of sp³-hybridized carbons (Fsp3) is 0.273. The minimum atomic E-state index is -0.439. The van der Waals surface area contributed by atoms with E-state index in [0.29, 0.717) is 17.1 Å². The van der Waals surface area contributed by atoms with Crippen LogP contribution in [0.1, 0.15) is 12.5 Å². The quantitative estimate of drug-likeness (QED) is 0.580. The van der Waals surface area contributed by atoms with Crippen LogP contribution in [-0.4, -0.2) is 19.1 Å². The van der Waals surface area contributed by atoms with E-state index in [0.717, 1.165) is 0 Å². The molecule has 1 aromatic rings. The molecule has 0 aromatic heterocycles. The molecule has 0 aliphatic rings. The molecular formula is C11H13NO4. The Labute approximate surface area is 93.4 Å². The van der Waals surface area contributed by atoms with Crippen molar-refractivity contribution in [2.75, 3.05) is 14.2 Å². The number of nitrogens with zero attached hydrogens (tertiary/aromatic N) is 1. The Balaban J connectivity index is 3.13. The highest BCUT2D eigenvalue weighted by molar-refractivity contribution is 5.56. The van der Waals surface area contributed by atoms with Crippen LogP contribution < -0.4 is 9.47 Å². The van der Waals surface area contributed by atoms with Crippen LogP contribution in [0.25, 0.3) is 6.08 Å². The highest BCUT2D eigenvalue weighted by Gasteiger charge is 2.05. The monoisotopic (exact) mass is 223 g/mol. The van der Waals surface area contributed by atoms with Gasteiger partial charge in [0.2, 0.25) is 5.70 Å². The average Bonchev–Trinajstić information content (AvgIpc) is 2.28. The molecule has 1 aromatic carbocycles. The van der Waals surface area contributed by atoms with E-state index < -0.39 is 4.92 Å². The van der Waals surface area contributed by atoms with Crippen LogP contribution in [-0.2, 0) is 0 Å².